The number of benzene rings is 2. The van der Waals surface area contributed by atoms with Crippen LogP contribution in [-0.4, -0.2) is 28.5 Å². The molecule has 134 valence electrons. The molecule has 27 heavy (non-hydrogen) atoms. The van der Waals surface area contributed by atoms with Gasteiger partial charge in [-0.3, -0.25) is 4.79 Å². The molecule has 0 fully saturated rings. The Morgan fingerprint density at radius 1 is 1.00 bits per heavy atom. The number of thioether (sulfide) groups is 1. The number of ether oxygens (including phenoxy) is 2. The van der Waals surface area contributed by atoms with Gasteiger partial charge in [-0.25, -0.2) is 0 Å². The van der Waals surface area contributed by atoms with Gasteiger partial charge in [0.25, 0.3) is 5.22 Å². The summed E-state index contributed by atoms with van der Waals surface area (Å²) in [5.41, 5.74) is 1.41. The van der Waals surface area contributed by atoms with Crippen molar-refractivity contribution in [3.05, 3.63) is 54.3 Å². The zero-order valence-electron chi connectivity index (χ0n) is 13.9. The Morgan fingerprint density at radius 2 is 1.89 bits per heavy atom. The maximum absolute atomic E-state index is 12.4. The molecule has 0 atom stereocenters. The molecule has 2 aromatic heterocycles. The highest BCUT2D eigenvalue weighted by atomic mass is 32.2. The molecule has 0 radical (unpaired) electrons. The van der Waals surface area contributed by atoms with Crippen LogP contribution in [0.15, 0.2) is 62.6 Å². The van der Waals surface area contributed by atoms with E-state index in [1.165, 1.54) is 11.8 Å². The first-order chi connectivity index (χ1) is 13.3. The van der Waals surface area contributed by atoms with E-state index in [4.69, 9.17) is 18.3 Å². The van der Waals surface area contributed by atoms with Crippen LogP contribution in [0.2, 0.25) is 0 Å². The second-order valence-electron chi connectivity index (χ2n) is 5.80. The van der Waals surface area contributed by atoms with Gasteiger partial charge in [-0.05, 0) is 30.3 Å². The van der Waals surface area contributed by atoms with Crippen molar-refractivity contribution in [3.63, 3.8) is 0 Å². The number of fused-ring (bicyclic) bond motifs is 2. The topological polar surface area (TPSA) is 87.6 Å². The van der Waals surface area contributed by atoms with Crippen molar-refractivity contribution in [2.45, 2.75) is 5.22 Å². The summed E-state index contributed by atoms with van der Waals surface area (Å²) in [4.78, 5) is 12.4. The fraction of sp³-hybridized carbons (Fsp3) is 0.105. The van der Waals surface area contributed by atoms with Crippen LogP contribution in [0.3, 0.4) is 0 Å². The van der Waals surface area contributed by atoms with E-state index in [0.29, 0.717) is 34.0 Å². The van der Waals surface area contributed by atoms with Crippen LogP contribution in [0, 0.1) is 0 Å². The molecule has 0 bridgehead atoms. The van der Waals surface area contributed by atoms with Gasteiger partial charge in [0.15, 0.2) is 17.3 Å². The lowest BCUT2D eigenvalue weighted by molar-refractivity contribution is 0.0994. The lowest BCUT2D eigenvalue weighted by Crippen LogP contribution is -2.00. The maximum Gasteiger partial charge on any atom is 0.277 e. The molecule has 3 heterocycles. The van der Waals surface area contributed by atoms with Gasteiger partial charge in [0.05, 0.1) is 5.75 Å². The molecule has 8 heteroatoms. The number of furan rings is 1. The molecule has 7 nitrogen and oxygen atoms in total. The van der Waals surface area contributed by atoms with Crippen LogP contribution >= 0.6 is 11.8 Å². The van der Waals surface area contributed by atoms with Gasteiger partial charge in [-0.2, -0.15) is 0 Å². The summed E-state index contributed by atoms with van der Waals surface area (Å²) in [6.45, 7) is 0.202. The number of para-hydroxylation sites is 1. The average molecular weight is 380 g/mol. The van der Waals surface area contributed by atoms with Gasteiger partial charge in [-0.1, -0.05) is 30.0 Å². The highest BCUT2D eigenvalue weighted by Crippen LogP contribution is 2.36. The van der Waals surface area contributed by atoms with Gasteiger partial charge in [0.1, 0.15) is 5.58 Å². The molecule has 2 aromatic carbocycles. The number of hydrogen-bond donors (Lipinski definition) is 0. The second-order valence-corrected chi connectivity index (χ2v) is 6.73. The van der Waals surface area contributed by atoms with E-state index in [1.807, 2.05) is 30.3 Å². The molecule has 1 aliphatic rings. The zero-order chi connectivity index (χ0) is 18.2. The molecule has 4 aromatic rings. The van der Waals surface area contributed by atoms with E-state index < -0.39 is 0 Å². The third-order valence-corrected chi connectivity index (χ3v) is 4.87. The Hall–Kier alpha value is -3.26. The SMILES string of the molecule is O=C(CSc1nnc(-c2ccc3c(c2)OCO3)o1)c1cc2ccccc2o1. The molecular weight excluding hydrogens is 368 g/mol. The lowest BCUT2D eigenvalue weighted by atomic mass is 10.2. The van der Waals surface area contributed by atoms with E-state index in [2.05, 4.69) is 10.2 Å². The third-order valence-electron chi connectivity index (χ3n) is 4.05. The minimum atomic E-state index is -0.140. The van der Waals surface area contributed by atoms with E-state index in [9.17, 15) is 4.79 Å². The monoisotopic (exact) mass is 380 g/mol. The Kier molecular flexibility index (Phi) is 3.83. The molecule has 5 rings (SSSR count). The quantitative estimate of drug-likeness (QED) is 0.376. The van der Waals surface area contributed by atoms with E-state index in [0.717, 1.165) is 10.9 Å². The van der Waals surface area contributed by atoms with E-state index in [-0.39, 0.29) is 18.3 Å². The summed E-state index contributed by atoms with van der Waals surface area (Å²) in [7, 11) is 0. The maximum atomic E-state index is 12.4. The number of ketones is 1. The third kappa shape index (κ3) is 3.04. The lowest BCUT2D eigenvalue weighted by Gasteiger charge is -1.98. The van der Waals surface area contributed by atoms with Crippen molar-refractivity contribution < 1.29 is 23.1 Å². The van der Waals surface area contributed by atoms with Crippen molar-refractivity contribution >= 4 is 28.5 Å². The van der Waals surface area contributed by atoms with Gasteiger partial charge in [0, 0.05) is 10.9 Å². The number of aromatic nitrogens is 2. The van der Waals surface area contributed by atoms with Crippen LogP contribution in [0.4, 0.5) is 0 Å². The predicted octanol–water partition coefficient (Wildman–Crippen LogP) is 4.19. The number of nitrogens with zero attached hydrogens (tertiary/aromatic N) is 2. The van der Waals surface area contributed by atoms with Crippen molar-refractivity contribution in [1.29, 1.82) is 0 Å². The van der Waals surface area contributed by atoms with Gasteiger partial charge >= 0.3 is 0 Å². The first-order valence-electron chi connectivity index (χ1n) is 8.14. The smallest absolute Gasteiger partial charge is 0.277 e. The Balaban J connectivity index is 1.28. The molecule has 0 saturated carbocycles. The van der Waals surface area contributed by atoms with Gasteiger partial charge in [-0.15, -0.1) is 10.2 Å². The molecule has 0 unspecified atom stereocenters. The van der Waals surface area contributed by atoms with Crippen LogP contribution in [-0.2, 0) is 0 Å². The summed E-state index contributed by atoms with van der Waals surface area (Å²) in [5.74, 6) is 2.00. The van der Waals surface area contributed by atoms with Crippen LogP contribution in [0.5, 0.6) is 11.5 Å². The van der Waals surface area contributed by atoms with Gasteiger partial charge in [0.2, 0.25) is 18.5 Å². The predicted molar refractivity (Wildman–Crippen MR) is 97.1 cm³/mol. The first-order valence-corrected chi connectivity index (χ1v) is 9.13. The minimum absolute atomic E-state index is 0.140. The van der Waals surface area contributed by atoms with E-state index >= 15 is 0 Å². The Bertz CT molecular complexity index is 1120. The van der Waals surface area contributed by atoms with Gasteiger partial charge < -0.3 is 18.3 Å². The number of carbonyl (C=O) groups is 1. The fourth-order valence-electron chi connectivity index (χ4n) is 2.73. The molecular formula is C19H12N2O5S. The Morgan fingerprint density at radius 3 is 2.81 bits per heavy atom. The van der Waals surface area contributed by atoms with E-state index in [1.54, 1.807) is 18.2 Å². The summed E-state index contributed by atoms with van der Waals surface area (Å²) < 4.78 is 21.8. The minimum Gasteiger partial charge on any atom is -0.454 e. The highest BCUT2D eigenvalue weighted by Gasteiger charge is 2.18. The average Bonchev–Trinajstić information content (AvgIpc) is 3.44. The summed E-state index contributed by atoms with van der Waals surface area (Å²) >= 11 is 1.17. The number of hydrogen-bond acceptors (Lipinski definition) is 8. The van der Waals surface area contributed by atoms with Crippen molar-refractivity contribution in [3.8, 4) is 23.0 Å². The number of rotatable bonds is 5. The molecule has 0 spiro atoms. The van der Waals surface area contributed by atoms with Crippen LogP contribution < -0.4 is 9.47 Å². The Labute approximate surface area is 157 Å². The van der Waals surface area contributed by atoms with Crippen molar-refractivity contribution in [1.82, 2.24) is 10.2 Å². The summed E-state index contributed by atoms with van der Waals surface area (Å²) in [6, 6.07) is 14.6. The second kappa shape index (κ2) is 6.48. The molecule has 0 amide bonds. The van der Waals surface area contributed by atoms with Crippen LogP contribution in [0.1, 0.15) is 10.6 Å². The largest absolute Gasteiger partial charge is 0.454 e. The molecule has 0 saturated heterocycles. The highest BCUT2D eigenvalue weighted by molar-refractivity contribution is 7.99. The van der Waals surface area contributed by atoms with Crippen molar-refractivity contribution in [2.75, 3.05) is 12.5 Å². The van der Waals surface area contributed by atoms with Crippen LogP contribution in [0.25, 0.3) is 22.4 Å². The standard InChI is InChI=1S/C19H12N2O5S/c22-13(16-7-11-3-1-2-4-14(11)25-16)9-27-19-21-20-18(26-19)12-5-6-15-17(8-12)24-10-23-15/h1-8H,9-10H2. The zero-order valence-corrected chi connectivity index (χ0v) is 14.7. The molecule has 0 N–H and O–H groups in total. The first kappa shape index (κ1) is 16.0. The van der Waals surface area contributed by atoms with Crippen molar-refractivity contribution in [2.24, 2.45) is 0 Å². The number of carbonyl (C=O) groups excluding carboxylic acids is 1. The molecule has 0 aliphatic carbocycles. The summed E-state index contributed by atoms with van der Waals surface area (Å²) in [6.07, 6.45) is 0. The fourth-order valence-corrected chi connectivity index (χ4v) is 3.37. The molecule has 1 aliphatic heterocycles. The number of Topliss-reactive ketones (excluding diaryl/α,β-unsaturated/α-hetero) is 1. The normalized spacial score (nSPS) is 12.6. The summed E-state index contributed by atoms with van der Waals surface area (Å²) in [5, 5.41) is 9.22.